The molecular formula is HF6V-5. The van der Waals surface area contributed by atoms with Crippen LogP contribution in [0.3, 0.4) is 0 Å². The molecule has 0 amide bonds. The van der Waals surface area contributed by atoms with Crippen LogP contribution in [-0.4, -0.2) is 0 Å². The summed E-state index contributed by atoms with van der Waals surface area (Å²) in [5.74, 6) is 0. The summed E-state index contributed by atoms with van der Waals surface area (Å²) in [5, 5.41) is 0. The van der Waals surface area contributed by atoms with E-state index in [1.807, 2.05) is 0 Å². The first-order chi connectivity index (χ1) is 0. The van der Waals surface area contributed by atoms with Crippen LogP contribution in [-0.2, 0) is 18.6 Å². The molecule has 0 saturated heterocycles. The SMILES string of the molecule is F.[F-].[F-].[F-].[F-].[F-].[V]. The minimum absolute atomic E-state index is 0. The first-order valence-electron chi connectivity index (χ1n) is 0. The Morgan fingerprint density at radius 3 is 0.429 bits per heavy atom. The van der Waals surface area contributed by atoms with Crippen LogP contribution in [0.4, 0.5) is 4.70 Å². The van der Waals surface area contributed by atoms with Crippen molar-refractivity contribution in [2.45, 2.75) is 0 Å². The molecule has 0 saturated carbocycles. The second-order valence-corrected chi connectivity index (χ2v) is 0. The number of halogens is 6. The molecule has 0 atom stereocenters. The third kappa shape index (κ3) is 3950. The molecule has 7 heteroatoms. The summed E-state index contributed by atoms with van der Waals surface area (Å²) >= 11 is 0. The zero-order valence-corrected chi connectivity index (χ0v) is 4.14. The molecule has 53 valence electrons. The zero-order valence-electron chi connectivity index (χ0n) is 2.75. The van der Waals surface area contributed by atoms with Crippen molar-refractivity contribution in [3.8, 4) is 0 Å². The number of rotatable bonds is 0. The van der Waals surface area contributed by atoms with Crippen LogP contribution in [0.2, 0.25) is 0 Å². The van der Waals surface area contributed by atoms with E-state index in [-0.39, 0.29) is 46.8 Å². The van der Waals surface area contributed by atoms with Crippen molar-refractivity contribution in [3.05, 3.63) is 0 Å². The van der Waals surface area contributed by atoms with Crippen LogP contribution < -0.4 is 23.5 Å². The molecule has 0 rings (SSSR count). The summed E-state index contributed by atoms with van der Waals surface area (Å²) in [4.78, 5) is 0. The molecule has 0 aromatic carbocycles. The quantitative estimate of drug-likeness (QED) is 0.313. The Hall–Kier alpha value is 0.164. The normalized spacial score (nSPS) is 0. The minimum Gasteiger partial charge on any atom is -1.00 e. The van der Waals surface area contributed by atoms with Gasteiger partial charge in [0, 0.05) is 18.6 Å². The minimum atomic E-state index is 0. The molecule has 1 radical (unpaired) electrons. The Bertz CT molecular complexity index is 4.14. The number of hydrogen-bond donors (Lipinski definition) is 0. The molecule has 0 bridgehead atoms. The van der Waals surface area contributed by atoms with Crippen molar-refractivity contribution in [2.24, 2.45) is 0 Å². The van der Waals surface area contributed by atoms with Crippen molar-refractivity contribution in [2.75, 3.05) is 0 Å². The molecule has 0 N–H and O–H groups in total. The van der Waals surface area contributed by atoms with E-state index in [4.69, 9.17) is 0 Å². The fourth-order valence-electron chi connectivity index (χ4n) is 0. The Labute approximate surface area is 47.7 Å². The van der Waals surface area contributed by atoms with Gasteiger partial charge < -0.3 is 23.5 Å². The van der Waals surface area contributed by atoms with E-state index in [0.29, 0.717) is 0 Å². The molecule has 0 fully saturated rings. The van der Waals surface area contributed by atoms with E-state index < -0.39 is 0 Å². The predicted octanol–water partition coefficient (Wildman–Crippen LogP) is -14.8. The Balaban J connectivity index is 0. The van der Waals surface area contributed by atoms with E-state index in [0.717, 1.165) is 0 Å². The summed E-state index contributed by atoms with van der Waals surface area (Å²) < 4.78 is 0. The van der Waals surface area contributed by atoms with Gasteiger partial charge in [-0.05, 0) is 0 Å². The molecule has 0 aliphatic carbocycles. The van der Waals surface area contributed by atoms with Crippen molar-refractivity contribution < 1.29 is 46.8 Å². The molecular weight excluding hydrogens is 165 g/mol. The van der Waals surface area contributed by atoms with Crippen molar-refractivity contribution >= 4 is 0 Å². The van der Waals surface area contributed by atoms with Crippen molar-refractivity contribution in [3.63, 3.8) is 0 Å². The van der Waals surface area contributed by atoms with Gasteiger partial charge in [0.1, 0.15) is 0 Å². The molecule has 0 aromatic rings. The van der Waals surface area contributed by atoms with Gasteiger partial charge in [-0.2, -0.15) is 0 Å². The first kappa shape index (κ1) is 10100. The number of hydrogen-bond acceptors (Lipinski definition) is 0. The summed E-state index contributed by atoms with van der Waals surface area (Å²) in [5.41, 5.74) is 0. The van der Waals surface area contributed by atoms with Gasteiger partial charge in [0.25, 0.3) is 0 Å². The second kappa shape index (κ2) is 6080. The summed E-state index contributed by atoms with van der Waals surface area (Å²) in [6.07, 6.45) is 0. The topological polar surface area (TPSA) is 0 Å². The predicted molar refractivity (Wildman–Crippen MR) is 2.50 cm³/mol. The monoisotopic (exact) mass is 166 g/mol. The van der Waals surface area contributed by atoms with Gasteiger partial charge in [-0.1, -0.05) is 0 Å². The maximum Gasteiger partial charge on any atom is 0 e. The molecule has 0 aliphatic rings. The van der Waals surface area contributed by atoms with Crippen LogP contribution in [0.25, 0.3) is 0 Å². The zero-order chi connectivity index (χ0) is 0. The van der Waals surface area contributed by atoms with E-state index in [1.54, 1.807) is 0 Å². The van der Waals surface area contributed by atoms with Crippen molar-refractivity contribution in [1.82, 2.24) is 0 Å². The molecule has 0 aromatic heterocycles. The average Bonchev–Trinajstić information content (AvgIpc) is 0. The standard InChI is InChI=1S/6FH.V/h6*1H;/p-5. The van der Waals surface area contributed by atoms with Crippen LogP contribution in [0.5, 0.6) is 0 Å². The third-order valence-corrected chi connectivity index (χ3v) is 0. The maximum atomic E-state index is 0. The van der Waals surface area contributed by atoms with E-state index in [1.165, 1.54) is 0 Å². The largest absolute Gasteiger partial charge is 1.00 e. The van der Waals surface area contributed by atoms with E-state index in [9.17, 15) is 0 Å². The van der Waals surface area contributed by atoms with Gasteiger partial charge in [0.2, 0.25) is 0 Å². The third-order valence-electron chi connectivity index (χ3n) is 0. The Kier molecular flexibility index (Phi) is 8750000. The fraction of sp³-hybridized carbons (Fsp3) is 0. The summed E-state index contributed by atoms with van der Waals surface area (Å²) in [7, 11) is 0. The second-order valence-electron chi connectivity index (χ2n) is 0. The fourth-order valence-corrected chi connectivity index (χ4v) is 0. The van der Waals surface area contributed by atoms with Gasteiger partial charge >= 0.3 is 0 Å². The van der Waals surface area contributed by atoms with Gasteiger partial charge in [0.05, 0.1) is 0 Å². The Morgan fingerprint density at radius 1 is 0.429 bits per heavy atom. The molecule has 0 nitrogen and oxygen atoms in total. The average molecular weight is 166 g/mol. The molecule has 7 heavy (non-hydrogen) atoms. The van der Waals surface area contributed by atoms with Crippen LogP contribution in [0.15, 0.2) is 0 Å². The van der Waals surface area contributed by atoms with Gasteiger partial charge in [0.15, 0.2) is 0 Å². The van der Waals surface area contributed by atoms with Gasteiger partial charge in [-0.25, -0.2) is 0 Å². The van der Waals surface area contributed by atoms with E-state index >= 15 is 0 Å². The van der Waals surface area contributed by atoms with Crippen molar-refractivity contribution in [1.29, 1.82) is 0 Å². The summed E-state index contributed by atoms with van der Waals surface area (Å²) in [6, 6.07) is 0. The molecule has 0 spiro atoms. The molecule has 0 unspecified atom stereocenters. The molecule has 0 aliphatic heterocycles. The smallest absolute Gasteiger partial charge is 0 e. The Morgan fingerprint density at radius 2 is 0.429 bits per heavy atom. The maximum absolute atomic E-state index is 0. The van der Waals surface area contributed by atoms with Crippen LogP contribution in [0.1, 0.15) is 0 Å². The van der Waals surface area contributed by atoms with Crippen LogP contribution in [0, 0.1) is 0 Å². The van der Waals surface area contributed by atoms with Gasteiger partial charge in [-0.15, -0.1) is 0 Å². The molecule has 0 heterocycles. The van der Waals surface area contributed by atoms with Gasteiger partial charge in [-0.3, -0.25) is 4.70 Å². The van der Waals surface area contributed by atoms with Crippen LogP contribution >= 0.6 is 0 Å². The van der Waals surface area contributed by atoms with E-state index in [2.05, 4.69) is 0 Å². The summed E-state index contributed by atoms with van der Waals surface area (Å²) in [6.45, 7) is 0. The first-order valence-corrected chi connectivity index (χ1v) is 0.